The molecule has 9 nitrogen and oxygen atoms in total. The molecule has 1 saturated heterocycles. The van der Waals surface area contributed by atoms with Gasteiger partial charge in [0.2, 0.25) is 5.95 Å². The zero-order chi connectivity index (χ0) is 22.4. The standard InChI is InChI=1S/C19H17F3N8OS/c1-28-15(12(7-23-28)18-25-13(9-32-18)16(21)22)17(31)24-11-3-5-30-14(6-11)26-19(27-30)29-4-2-10(20)8-29/h3,5-7,9-10,16H,2,4,8H2,1H3,(H,24,31)/t10-/m0/s1. The first kappa shape index (κ1) is 20.4. The van der Waals surface area contributed by atoms with Crippen molar-refractivity contribution in [3.63, 3.8) is 0 Å². The third kappa shape index (κ3) is 3.68. The number of thiazole rings is 1. The molecule has 0 aromatic carbocycles. The molecule has 1 amide bonds. The summed E-state index contributed by atoms with van der Waals surface area (Å²) < 4.78 is 42.2. The van der Waals surface area contributed by atoms with Gasteiger partial charge in [0.15, 0.2) is 5.65 Å². The van der Waals surface area contributed by atoms with Crippen LogP contribution in [0.4, 0.5) is 24.8 Å². The lowest BCUT2D eigenvalue weighted by Gasteiger charge is -2.10. The third-order valence-corrected chi connectivity index (χ3v) is 6.02. The van der Waals surface area contributed by atoms with E-state index in [2.05, 4.69) is 25.5 Å². The molecule has 0 aliphatic carbocycles. The van der Waals surface area contributed by atoms with Crippen LogP contribution in [-0.2, 0) is 7.05 Å². The van der Waals surface area contributed by atoms with Gasteiger partial charge in [-0.1, -0.05) is 0 Å². The number of amides is 1. The Morgan fingerprint density at radius 2 is 2.19 bits per heavy atom. The predicted molar refractivity (Wildman–Crippen MR) is 112 cm³/mol. The Bertz CT molecular complexity index is 1300. The number of pyridine rings is 1. The van der Waals surface area contributed by atoms with Crippen LogP contribution >= 0.6 is 11.3 Å². The fourth-order valence-corrected chi connectivity index (χ4v) is 4.37. The van der Waals surface area contributed by atoms with E-state index in [1.54, 1.807) is 34.8 Å². The summed E-state index contributed by atoms with van der Waals surface area (Å²) in [6.07, 6.45) is -0.0682. The molecule has 0 unspecified atom stereocenters. The monoisotopic (exact) mass is 462 g/mol. The first-order valence-corrected chi connectivity index (χ1v) is 10.6. The second-order valence-electron chi connectivity index (χ2n) is 7.32. The van der Waals surface area contributed by atoms with Crippen molar-refractivity contribution in [1.82, 2.24) is 29.4 Å². The second-order valence-corrected chi connectivity index (χ2v) is 8.18. The Morgan fingerprint density at radius 3 is 2.91 bits per heavy atom. The van der Waals surface area contributed by atoms with Crippen LogP contribution < -0.4 is 10.2 Å². The average molecular weight is 462 g/mol. The molecule has 1 aliphatic rings. The summed E-state index contributed by atoms with van der Waals surface area (Å²) in [4.78, 5) is 23.1. The van der Waals surface area contributed by atoms with E-state index in [4.69, 9.17) is 0 Å². The lowest BCUT2D eigenvalue weighted by atomic mass is 10.2. The van der Waals surface area contributed by atoms with Crippen LogP contribution in [0.3, 0.4) is 0 Å². The van der Waals surface area contributed by atoms with Gasteiger partial charge < -0.3 is 10.2 Å². The summed E-state index contributed by atoms with van der Waals surface area (Å²) in [6.45, 7) is 0.808. The first-order chi connectivity index (χ1) is 15.4. The van der Waals surface area contributed by atoms with Gasteiger partial charge in [0.05, 0.1) is 18.3 Å². The molecular formula is C19H17F3N8OS. The summed E-state index contributed by atoms with van der Waals surface area (Å²) in [6, 6.07) is 3.30. The van der Waals surface area contributed by atoms with Crippen molar-refractivity contribution in [2.45, 2.75) is 19.0 Å². The van der Waals surface area contributed by atoms with Crippen molar-refractivity contribution in [2.24, 2.45) is 7.05 Å². The van der Waals surface area contributed by atoms with Gasteiger partial charge in [-0.2, -0.15) is 10.1 Å². The van der Waals surface area contributed by atoms with E-state index < -0.39 is 18.5 Å². The van der Waals surface area contributed by atoms with Crippen LogP contribution in [0, 0.1) is 0 Å². The van der Waals surface area contributed by atoms with Crippen molar-refractivity contribution >= 4 is 34.5 Å². The van der Waals surface area contributed by atoms with E-state index in [1.807, 2.05) is 0 Å². The maximum atomic E-state index is 13.5. The molecule has 1 aliphatic heterocycles. The Hall–Kier alpha value is -3.48. The molecule has 1 fully saturated rings. The topological polar surface area (TPSA) is 93.2 Å². The summed E-state index contributed by atoms with van der Waals surface area (Å²) >= 11 is 1.02. The molecule has 4 aromatic rings. The van der Waals surface area contributed by atoms with Crippen LogP contribution in [-0.4, -0.2) is 54.5 Å². The number of aryl methyl sites for hydroxylation is 1. The zero-order valence-electron chi connectivity index (χ0n) is 16.7. The maximum Gasteiger partial charge on any atom is 0.281 e. The summed E-state index contributed by atoms with van der Waals surface area (Å²) in [5, 5.41) is 12.8. The number of carbonyl (C=O) groups is 1. The number of hydrogen-bond acceptors (Lipinski definition) is 7. The molecule has 1 atom stereocenters. The van der Waals surface area contributed by atoms with E-state index >= 15 is 0 Å². The molecular weight excluding hydrogens is 445 g/mol. The van der Waals surface area contributed by atoms with Gasteiger partial charge in [-0.15, -0.1) is 16.4 Å². The number of hydrogen-bond donors (Lipinski definition) is 1. The number of nitrogens with one attached hydrogen (secondary N) is 1. The van der Waals surface area contributed by atoms with Gasteiger partial charge in [0.1, 0.15) is 22.6 Å². The Balaban J connectivity index is 1.39. The van der Waals surface area contributed by atoms with Crippen molar-refractivity contribution in [2.75, 3.05) is 23.3 Å². The molecule has 5 heterocycles. The third-order valence-electron chi connectivity index (χ3n) is 5.13. The van der Waals surface area contributed by atoms with Crippen LogP contribution in [0.15, 0.2) is 29.9 Å². The maximum absolute atomic E-state index is 13.5. The normalized spacial score (nSPS) is 16.4. The highest BCUT2D eigenvalue weighted by Gasteiger charge is 2.25. The first-order valence-electron chi connectivity index (χ1n) is 9.72. The molecule has 5 rings (SSSR count). The summed E-state index contributed by atoms with van der Waals surface area (Å²) in [7, 11) is 1.59. The van der Waals surface area contributed by atoms with Gasteiger partial charge >= 0.3 is 0 Å². The van der Waals surface area contributed by atoms with E-state index in [0.717, 1.165) is 11.3 Å². The number of halogens is 3. The smallest absolute Gasteiger partial charge is 0.281 e. The Morgan fingerprint density at radius 1 is 1.34 bits per heavy atom. The van der Waals surface area contributed by atoms with E-state index in [9.17, 15) is 18.0 Å². The van der Waals surface area contributed by atoms with Gasteiger partial charge in [0, 0.05) is 36.9 Å². The Kier molecular flexibility index (Phi) is 5.04. The average Bonchev–Trinajstić information content (AvgIpc) is 3.52. The highest BCUT2D eigenvalue weighted by molar-refractivity contribution is 7.13. The minimum atomic E-state index is -2.69. The van der Waals surface area contributed by atoms with Gasteiger partial charge in [-0.05, 0) is 12.5 Å². The lowest BCUT2D eigenvalue weighted by molar-refractivity contribution is 0.101. The number of alkyl halides is 3. The van der Waals surface area contributed by atoms with Crippen LogP contribution in [0.1, 0.15) is 29.0 Å². The predicted octanol–water partition coefficient (Wildman–Crippen LogP) is 3.32. The second kappa shape index (κ2) is 7.89. The van der Waals surface area contributed by atoms with Crippen molar-refractivity contribution < 1.29 is 18.0 Å². The summed E-state index contributed by atoms with van der Waals surface area (Å²) in [5.74, 6) is -0.0427. The van der Waals surface area contributed by atoms with Gasteiger partial charge in [-0.25, -0.2) is 22.7 Å². The lowest BCUT2D eigenvalue weighted by Crippen LogP contribution is -2.21. The molecule has 166 valence electrons. The minimum Gasteiger partial charge on any atom is -0.336 e. The number of fused-ring (bicyclic) bond motifs is 1. The molecule has 32 heavy (non-hydrogen) atoms. The highest BCUT2D eigenvalue weighted by Crippen LogP contribution is 2.30. The van der Waals surface area contributed by atoms with Crippen molar-refractivity contribution in [3.05, 3.63) is 41.3 Å². The number of aromatic nitrogens is 6. The van der Waals surface area contributed by atoms with E-state index in [1.165, 1.54) is 16.3 Å². The molecule has 0 bridgehead atoms. The molecule has 0 saturated carbocycles. The zero-order valence-corrected chi connectivity index (χ0v) is 17.6. The SMILES string of the molecule is Cn1ncc(-c2nc(C(F)F)cs2)c1C(=O)Nc1ccn2nc(N3CC[C@H](F)C3)nc2c1. The fraction of sp³-hybridized carbons (Fsp3) is 0.316. The fourth-order valence-electron chi connectivity index (χ4n) is 3.54. The minimum absolute atomic E-state index is 0.188. The van der Waals surface area contributed by atoms with Gasteiger partial charge in [-0.3, -0.25) is 9.48 Å². The van der Waals surface area contributed by atoms with Gasteiger partial charge in [0.25, 0.3) is 12.3 Å². The largest absolute Gasteiger partial charge is 0.336 e. The molecule has 13 heteroatoms. The van der Waals surface area contributed by atoms with Crippen molar-refractivity contribution in [3.8, 4) is 10.6 Å². The number of anilines is 2. The van der Waals surface area contributed by atoms with E-state index in [-0.39, 0.29) is 22.9 Å². The number of carbonyl (C=O) groups excluding carboxylic acids is 1. The highest BCUT2D eigenvalue weighted by atomic mass is 32.1. The number of rotatable bonds is 5. The van der Waals surface area contributed by atoms with E-state index in [0.29, 0.717) is 35.8 Å². The molecule has 0 radical (unpaired) electrons. The Labute approximate surface area is 183 Å². The molecule has 1 N–H and O–H groups in total. The summed E-state index contributed by atoms with van der Waals surface area (Å²) in [5.41, 5.74) is 1.17. The van der Waals surface area contributed by atoms with Crippen LogP contribution in [0.25, 0.3) is 16.2 Å². The molecule has 4 aromatic heterocycles. The van der Waals surface area contributed by atoms with Crippen LogP contribution in [0.5, 0.6) is 0 Å². The van der Waals surface area contributed by atoms with Crippen molar-refractivity contribution in [1.29, 1.82) is 0 Å². The molecule has 0 spiro atoms. The number of nitrogens with zero attached hydrogens (tertiary/aromatic N) is 7. The quantitative estimate of drug-likeness (QED) is 0.489. The van der Waals surface area contributed by atoms with Crippen LogP contribution in [0.2, 0.25) is 0 Å².